The minimum Gasteiger partial charge on any atom is -0.482 e. The maximum atomic E-state index is 12.9. The number of carbonyl (C=O) groups is 3. The number of carbonyl (C=O) groups excluding carboxylic acids is 3. The van der Waals surface area contributed by atoms with E-state index in [1.165, 1.54) is 49.8 Å². The van der Waals surface area contributed by atoms with Crippen molar-refractivity contribution in [3.05, 3.63) is 23.8 Å². The second-order valence-corrected chi connectivity index (χ2v) is 8.75. The van der Waals surface area contributed by atoms with Crippen LogP contribution in [0.3, 0.4) is 0 Å². The molecule has 0 unspecified atom stereocenters. The lowest BCUT2D eigenvalue weighted by atomic mass is 9.98. The Morgan fingerprint density at radius 1 is 1.00 bits per heavy atom. The number of rotatable bonds is 5. The van der Waals surface area contributed by atoms with Crippen molar-refractivity contribution >= 4 is 23.3 Å². The maximum Gasteiger partial charge on any atom is 0.265 e. The monoisotopic (exact) mass is 428 g/mol. The maximum absolute atomic E-state index is 12.9. The van der Waals surface area contributed by atoms with Crippen molar-refractivity contribution in [1.82, 2.24) is 5.32 Å². The molecule has 0 bridgehead atoms. The van der Waals surface area contributed by atoms with Crippen molar-refractivity contribution < 1.29 is 19.1 Å². The summed E-state index contributed by atoms with van der Waals surface area (Å²) in [6.07, 6.45) is 13.6. The third-order valence-corrected chi connectivity index (χ3v) is 6.32. The Bertz CT molecular complexity index is 765. The summed E-state index contributed by atoms with van der Waals surface area (Å²) < 4.78 is 5.51. The van der Waals surface area contributed by atoms with Gasteiger partial charge in [-0.2, -0.15) is 0 Å². The van der Waals surface area contributed by atoms with Gasteiger partial charge in [-0.15, -0.1) is 0 Å². The van der Waals surface area contributed by atoms with Crippen LogP contribution in [0.2, 0.25) is 0 Å². The highest BCUT2D eigenvalue weighted by molar-refractivity contribution is 6.04. The van der Waals surface area contributed by atoms with Crippen LogP contribution in [0.15, 0.2) is 18.2 Å². The summed E-state index contributed by atoms with van der Waals surface area (Å²) in [5.74, 6) is 0.123. The van der Waals surface area contributed by atoms with Gasteiger partial charge in [0.2, 0.25) is 5.91 Å². The summed E-state index contributed by atoms with van der Waals surface area (Å²) >= 11 is 0. The number of benzene rings is 1. The van der Waals surface area contributed by atoms with E-state index in [0.29, 0.717) is 23.4 Å². The van der Waals surface area contributed by atoms with E-state index < -0.39 is 0 Å². The quantitative estimate of drug-likeness (QED) is 0.684. The Kier molecular flexibility index (Phi) is 8.92. The van der Waals surface area contributed by atoms with Crippen molar-refractivity contribution in [3.63, 3.8) is 0 Å². The van der Waals surface area contributed by atoms with Gasteiger partial charge in [0.1, 0.15) is 12.3 Å². The van der Waals surface area contributed by atoms with Gasteiger partial charge in [-0.25, -0.2) is 0 Å². The number of nitrogens with one attached hydrogen (secondary N) is 1. The Morgan fingerprint density at radius 2 is 1.61 bits per heavy atom. The molecule has 1 N–H and O–H groups in total. The predicted molar refractivity (Wildman–Crippen MR) is 122 cm³/mol. The van der Waals surface area contributed by atoms with Crippen LogP contribution in [0, 0.1) is 0 Å². The Morgan fingerprint density at radius 3 is 2.23 bits per heavy atom. The van der Waals surface area contributed by atoms with E-state index in [9.17, 15) is 14.4 Å². The normalized spacial score (nSPS) is 18.9. The van der Waals surface area contributed by atoms with Crippen LogP contribution in [-0.4, -0.2) is 36.8 Å². The first-order chi connectivity index (χ1) is 15.1. The summed E-state index contributed by atoms with van der Waals surface area (Å²) in [5.41, 5.74) is 1.04. The van der Waals surface area contributed by atoms with Gasteiger partial charge in [-0.3, -0.25) is 19.3 Å². The minimum absolute atomic E-state index is 0.00144. The number of ether oxygens (including phenoxy) is 1. The summed E-state index contributed by atoms with van der Waals surface area (Å²) in [6, 6.07) is 5.25. The zero-order chi connectivity index (χ0) is 22.1. The van der Waals surface area contributed by atoms with Crippen molar-refractivity contribution in [2.45, 2.75) is 90.0 Å². The Balaban J connectivity index is 1.64. The standard InChI is InChI=1S/C25H36N2O4/c1-2-22(28)19-14-15-23-21(16-19)27(25(30)18-31-23)17-24(29)26-20-12-10-8-6-4-3-5-7-9-11-13-20/h14-16,20H,2-13,17-18H2,1H3,(H,26,29). The largest absolute Gasteiger partial charge is 0.482 e. The van der Waals surface area contributed by atoms with Gasteiger partial charge in [0.15, 0.2) is 12.4 Å². The summed E-state index contributed by atoms with van der Waals surface area (Å²) in [6.45, 7) is 1.66. The number of hydrogen-bond donors (Lipinski definition) is 1. The van der Waals surface area contributed by atoms with Crippen LogP contribution in [0.5, 0.6) is 5.75 Å². The van der Waals surface area contributed by atoms with Crippen molar-refractivity contribution in [2.24, 2.45) is 0 Å². The van der Waals surface area contributed by atoms with E-state index >= 15 is 0 Å². The molecule has 31 heavy (non-hydrogen) atoms. The fraction of sp³-hybridized carbons (Fsp3) is 0.640. The minimum atomic E-state index is -0.262. The molecule has 2 amide bonds. The fourth-order valence-electron chi connectivity index (χ4n) is 4.48. The van der Waals surface area contributed by atoms with Crippen LogP contribution in [0.25, 0.3) is 0 Å². The number of amides is 2. The third-order valence-electron chi connectivity index (χ3n) is 6.32. The first-order valence-corrected chi connectivity index (χ1v) is 12.0. The Labute approximate surface area is 185 Å². The van der Waals surface area contributed by atoms with E-state index in [4.69, 9.17) is 4.74 Å². The van der Waals surface area contributed by atoms with Gasteiger partial charge in [-0.1, -0.05) is 64.7 Å². The molecule has 0 atom stereocenters. The van der Waals surface area contributed by atoms with Gasteiger partial charge in [0, 0.05) is 18.0 Å². The number of hydrogen-bond acceptors (Lipinski definition) is 4. The van der Waals surface area contributed by atoms with Gasteiger partial charge in [-0.05, 0) is 31.0 Å². The Hall–Kier alpha value is -2.37. The van der Waals surface area contributed by atoms with E-state index in [2.05, 4.69) is 5.32 Å². The lowest BCUT2D eigenvalue weighted by Crippen LogP contribution is -2.47. The molecule has 1 heterocycles. The lowest BCUT2D eigenvalue weighted by molar-refractivity contribution is -0.125. The van der Waals surface area contributed by atoms with Crippen molar-refractivity contribution in [2.75, 3.05) is 18.1 Å². The van der Waals surface area contributed by atoms with Crippen LogP contribution >= 0.6 is 0 Å². The number of anilines is 1. The first kappa shape index (κ1) is 23.3. The molecular formula is C25H36N2O4. The highest BCUT2D eigenvalue weighted by Crippen LogP contribution is 2.33. The lowest BCUT2D eigenvalue weighted by Gasteiger charge is -2.30. The molecule has 2 aliphatic rings. The molecule has 1 aromatic carbocycles. The number of fused-ring (bicyclic) bond motifs is 1. The average molecular weight is 429 g/mol. The highest BCUT2D eigenvalue weighted by Gasteiger charge is 2.28. The molecule has 1 aliphatic carbocycles. The van der Waals surface area contributed by atoms with Crippen LogP contribution in [-0.2, 0) is 9.59 Å². The van der Waals surface area contributed by atoms with Crippen LogP contribution < -0.4 is 15.0 Å². The smallest absolute Gasteiger partial charge is 0.265 e. The summed E-state index contributed by atoms with van der Waals surface area (Å²) in [5, 5.41) is 3.18. The molecule has 0 saturated heterocycles. The van der Waals surface area contributed by atoms with E-state index in [0.717, 1.165) is 25.7 Å². The SMILES string of the molecule is CCC(=O)c1ccc2c(c1)N(CC(=O)NC1CCCCCCCCCCC1)C(=O)CO2. The molecule has 1 aromatic rings. The van der Waals surface area contributed by atoms with Crippen LogP contribution in [0.1, 0.15) is 94.3 Å². The summed E-state index contributed by atoms with van der Waals surface area (Å²) in [7, 11) is 0. The first-order valence-electron chi connectivity index (χ1n) is 12.0. The second kappa shape index (κ2) is 11.9. The molecule has 0 radical (unpaired) electrons. The molecule has 6 heteroatoms. The van der Waals surface area contributed by atoms with E-state index in [1.54, 1.807) is 25.1 Å². The van der Waals surface area contributed by atoms with Gasteiger partial charge < -0.3 is 10.1 Å². The zero-order valence-electron chi connectivity index (χ0n) is 18.8. The third kappa shape index (κ3) is 6.81. The fourth-order valence-corrected chi connectivity index (χ4v) is 4.48. The molecule has 1 aliphatic heterocycles. The van der Waals surface area contributed by atoms with Gasteiger partial charge in [0.05, 0.1) is 5.69 Å². The number of ketones is 1. The molecule has 6 nitrogen and oxygen atoms in total. The van der Waals surface area contributed by atoms with E-state index in [-0.39, 0.29) is 36.8 Å². The molecule has 0 spiro atoms. The van der Waals surface area contributed by atoms with Crippen molar-refractivity contribution in [3.8, 4) is 5.75 Å². The summed E-state index contributed by atoms with van der Waals surface area (Å²) in [4.78, 5) is 39.0. The molecule has 1 fully saturated rings. The second-order valence-electron chi connectivity index (χ2n) is 8.75. The predicted octanol–water partition coefficient (Wildman–Crippen LogP) is 4.79. The van der Waals surface area contributed by atoms with Gasteiger partial charge >= 0.3 is 0 Å². The molecule has 3 rings (SSSR count). The molecular weight excluding hydrogens is 392 g/mol. The average Bonchev–Trinajstić information content (AvgIpc) is 2.76. The number of Topliss-reactive ketones (excluding diaryl/α,β-unsaturated/α-hetero) is 1. The molecule has 170 valence electrons. The highest BCUT2D eigenvalue weighted by atomic mass is 16.5. The zero-order valence-corrected chi connectivity index (χ0v) is 18.8. The molecule has 0 aromatic heterocycles. The van der Waals surface area contributed by atoms with Crippen LogP contribution in [0.4, 0.5) is 5.69 Å². The number of nitrogens with zero attached hydrogens (tertiary/aromatic N) is 1. The van der Waals surface area contributed by atoms with E-state index in [1.807, 2.05) is 0 Å². The van der Waals surface area contributed by atoms with Crippen molar-refractivity contribution in [1.29, 1.82) is 0 Å². The van der Waals surface area contributed by atoms with Gasteiger partial charge in [0.25, 0.3) is 5.91 Å². The molecule has 1 saturated carbocycles. The topological polar surface area (TPSA) is 75.7 Å².